The second-order valence-electron chi connectivity index (χ2n) is 4.36. The Morgan fingerprint density at radius 2 is 1.41 bits per heavy atom. The fourth-order valence-corrected chi connectivity index (χ4v) is 1.61. The average Bonchev–Trinajstić information content (AvgIpc) is 2.37. The number of para-hydroxylation sites is 1. The number of nitrogens with one attached hydrogen (secondary N) is 1. The molecule has 0 radical (unpaired) electrons. The first-order chi connectivity index (χ1) is 9.85. The average molecular weight is 436 g/mol. The molecule has 0 aliphatic heterocycles. The van der Waals surface area contributed by atoms with Gasteiger partial charge in [-0.05, 0) is 17.2 Å². The number of H-pyrrole nitrogens is 1. The van der Waals surface area contributed by atoms with Gasteiger partial charge in [0.15, 0.2) is 12.4 Å². The van der Waals surface area contributed by atoms with E-state index in [0.29, 0.717) is 0 Å². The molecule has 22 heavy (non-hydrogen) atoms. The molecule has 0 spiro atoms. The third kappa shape index (κ3) is 10.3. The van der Waals surface area contributed by atoms with E-state index < -0.39 is 19.5 Å². The van der Waals surface area contributed by atoms with Gasteiger partial charge in [-0.2, -0.15) is 0 Å². The van der Waals surface area contributed by atoms with E-state index in [1.807, 2.05) is 30.6 Å². The van der Waals surface area contributed by atoms with Crippen molar-refractivity contribution < 1.29 is 26.6 Å². The molecule has 1 N–H and O–H groups in total. The molecule has 0 saturated carbocycles. The second kappa shape index (κ2) is 5.99. The molecule has 0 fully saturated rings. The van der Waals surface area contributed by atoms with Gasteiger partial charge in [-0.1, -0.05) is 18.2 Å². The molecule has 124 valence electrons. The van der Waals surface area contributed by atoms with Gasteiger partial charge in [0.1, 0.15) is 5.75 Å². The van der Waals surface area contributed by atoms with Crippen LogP contribution >= 0.6 is 0 Å². The summed E-state index contributed by atoms with van der Waals surface area (Å²) in [4.78, 5) is 3.02. The summed E-state index contributed by atoms with van der Waals surface area (Å²) in [6.07, 6.45) is 4.77. The van der Waals surface area contributed by atoms with Crippen LogP contribution in [0.4, 0.5) is 16.9 Å². The Morgan fingerprint density at radius 3 is 1.91 bits per heavy atom. The number of rotatable bonds is 3. The number of hydrogen-bond acceptors (Lipinski definition) is 1. The minimum atomic E-state index is -11.2. The fraction of sp³-hybridized carbons (Fsp3) is 0.154. The van der Waals surface area contributed by atoms with Crippen molar-refractivity contribution in [2.45, 2.75) is 6.42 Å². The zero-order valence-corrected chi connectivity index (χ0v) is 14.0. The molecule has 0 aliphatic rings. The summed E-state index contributed by atoms with van der Waals surface area (Å²) in [5.74, 6) is 0.949. The van der Waals surface area contributed by atoms with Gasteiger partial charge in [0.25, 0.3) is 0 Å². The molecule has 9 heteroatoms. The van der Waals surface area contributed by atoms with Crippen LogP contribution in [0.1, 0.15) is 11.1 Å². The maximum absolute atomic E-state index is 11.2. The number of halogens is 6. The predicted octanol–water partition coefficient (Wildman–Crippen LogP) is 4.24. The number of aromatic nitrogens is 1. The van der Waals surface area contributed by atoms with Gasteiger partial charge in [0, 0.05) is 18.6 Å². The summed E-state index contributed by atoms with van der Waals surface area (Å²) in [5, 5.41) is 0. The number of aromatic amines is 1. The Bertz CT molecular complexity index is 603. The summed E-state index contributed by atoms with van der Waals surface area (Å²) in [7, 11) is 1.71. The van der Waals surface area contributed by atoms with Crippen molar-refractivity contribution in [2.75, 3.05) is 7.11 Å². The number of ether oxygens (including phenoxy) is 1. The van der Waals surface area contributed by atoms with Crippen molar-refractivity contribution >= 4 is 19.5 Å². The van der Waals surface area contributed by atoms with Gasteiger partial charge in [-0.3, -0.25) is 0 Å². The predicted molar refractivity (Wildman–Crippen MR) is 71.2 cm³/mol. The van der Waals surface area contributed by atoms with E-state index in [4.69, 9.17) is 4.74 Å². The van der Waals surface area contributed by atoms with Crippen molar-refractivity contribution in [3.63, 3.8) is 0 Å². The topological polar surface area (TPSA) is 23.4 Å². The van der Waals surface area contributed by atoms with Gasteiger partial charge < -0.3 is 4.74 Å². The van der Waals surface area contributed by atoms with Crippen molar-refractivity contribution in [2.24, 2.45) is 0 Å². The quantitative estimate of drug-likeness (QED) is 0.522. The molecule has 0 amide bonds. The minimum absolute atomic E-state index is 0.901. The number of benzene rings is 1. The van der Waals surface area contributed by atoms with Crippen LogP contribution in [-0.4, -0.2) is 26.6 Å². The van der Waals surface area contributed by atoms with Crippen molar-refractivity contribution in [1.29, 1.82) is 0 Å². The first kappa shape index (κ1) is 18.6. The van der Waals surface area contributed by atoms with Gasteiger partial charge in [-0.15, -0.1) is 0 Å². The van der Waals surface area contributed by atoms with Crippen LogP contribution in [0.15, 0.2) is 48.8 Å². The summed E-state index contributed by atoms with van der Waals surface area (Å²) in [6, 6.07) is 12.3. The standard InChI is InChI=1S/C13H13NO.6FH.Sb/c1-15-13-5-3-2-4-12(13)10-11-6-8-14-9-7-11;;;;;;;/h2-9H,10H2,1H3;6*1H;/q;;;;;;;+5/p-5. The summed E-state index contributed by atoms with van der Waals surface area (Å²) in [6.45, 7) is 0. The van der Waals surface area contributed by atoms with Crippen LogP contribution in [0.25, 0.3) is 0 Å². The van der Waals surface area contributed by atoms with Crippen LogP contribution in [0.3, 0.4) is 0 Å². The van der Waals surface area contributed by atoms with Crippen molar-refractivity contribution in [3.8, 4) is 5.75 Å². The first-order valence-corrected chi connectivity index (χ1v) is 11.8. The number of methoxy groups -OCH3 is 1. The van der Waals surface area contributed by atoms with E-state index in [1.165, 1.54) is 11.1 Å². The maximum atomic E-state index is 9.93. The zero-order valence-electron chi connectivity index (χ0n) is 11.4. The van der Waals surface area contributed by atoms with E-state index in [2.05, 4.69) is 23.2 Å². The molecule has 0 unspecified atom stereocenters. The van der Waals surface area contributed by atoms with Crippen LogP contribution in [0.5, 0.6) is 5.75 Å². The third-order valence-electron chi connectivity index (χ3n) is 2.37. The Kier molecular flexibility index (Phi) is 5.07. The van der Waals surface area contributed by atoms with E-state index in [-0.39, 0.29) is 0 Å². The summed E-state index contributed by atoms with van der Waals surface area (Å²) >= 11 is -11.2. The molecule has 1 heterocycles. The van der Waals surface area contributed by atoms with Crippen LogP contribution in [0, 0.1) is 0 Å². The molecule has 2 aromatic rings. The molecule has 1 aromatic carbocycles. The van der Waals surface area contributed by atoms with Gasteiger partial charge >= 0.3 is 36.4 Å². The Labute approximate surface area is 125 Å². The molecule has 0 bridgehead atoms. The fourth-order valence-electron chi connectivity index (χ4n) is 1.61. The van der Waals surface area contributed by atoms with E-state index in [9.17, 15) is 16.9 Å². The molecule has 2 rings (SSSR count). The SMILES string of the molecule is COc1ccccc1Cc1cc[nH+]cc1.[F][Sb-]([F])([F])([F])([F])[F]. The second-order valence-corrected chi connectivity index (χ2v) is 9.83. The van der Waals surface area contributed by atoms with Crippen LogP contribution in [-0.2, 0) is 6.42 Å². The van der Waals surface area contributed by atoms with E-state index in [1.54, 1.807) is 7.11 Å². The molecular weight excluding hydrogens is 422 g/mol. The van der Waals surface area contributed by atoms with Gasteiger partial charge in [0.2, 0.25) is 0 Å². The van der Waals surface area contributed by atoms with Crippen molar-refractivity contribution in [3.05, 3.63) is 59.9 Å². The Morgan fingerprint density at radius 1 is 0.909 bits per heavy atom. The summed E-state index contributed by atoms with van der Waals surface area (Å²) < 4.78 is 64.9. The van der Waals surface area contributed by atoms with Crippen molar-refractivity contribution in [1.82, 2.24) is 0 Å². The Hall–Kier alpha value is -1.43. The molecule has 0 aliphatic carbocycles. The Balaban J connectivity index is 0.000000295. The zero-order chi connectivity index (χ0) is 16.9. The monoisotopic (exact) mass is 435 g/mol. The normalized spacial score (nSPS) is 14.1. The summed E-state index contributed by atoms with van der Waals surface area (Å²) in [5.41, 5.74) is 2.49. The molecule has 1 aromatic heterocycles. The molecule has 2 nitrogen and oxygen atoms in total. The first-order valence-electron chi connectivity index (χ1n) is 5.98. The number of pyridine rings is 1. The molecular formula is C13H14F6NOSb. The molecule has 0 atom stereocenters. The van der Waals surface area contributed by atoms with E-state index in [0.717, 1.165) is 12.2 Å². The van der Waals surface area contributed by atoms with Gasteiger partial charge in [-0.25, -0.2) is 4.98 Å². The van der Waals surface area contributed by atoms with E-state index >= 15 is 0 Å². The molecule has 0 saturated heterocycles. The third-order valence-corrected chi connectivity index (χ3v) is 2.37. The van der Waals surface area contributed by atoms with Crippen LogP contribution < -0.4 is 9.72 Å². The van der Waals surface area contributed by atoms with Gasteiger partial charge in [0.05, 0.1) is 7.11 Å². The van der Waals surface area contributed by atoms with Crippen LogP contribution in [0.2, 0.25) is 0 Å². The number of hydrogen-bond donors (Lipinski definition) is 0.